The molecule has 0 aliphatic heterocycles. The lowest BCUT2D eigenvalue weighted by molar-refractivity contribution is 0.463. The van der Waals surface area contributed by atoms with Crippen LogP contribution < -0.4 is 5.73 Å². The summed E-state index contributed by atoms with van der Waals surface area (Å²) < 4.78 is 2.35. The Morgan fingerprint density at radius 2 is 1.93 bits per heavy atom. The van der Waals surface area contributed by atoms with Gasteiger partial charge in [0.2, 0.25) is 0 Å². The fourth-order valence-corrected chi connectivity index (χ4v) is 3.53. The van der Waals surface area contributed by atoms with Crippen molar-refractivity contribution in [2.45, 2.75) is 32.2 Å². The van der Waals surface area contributed by atoms with Crippen LogP contribution in [0.3, 0.4) is 0 Å². The van der Waals surface area contributed by atoms with Gasteiger partial charge in [0.05, 0.1) is 0 Å². The van der Waals surface area contributed by atoms with E-state index in [0.29, 0.717) is 5.92 Å². The molecule has 0 heterocycles. The van der Waals surface area contributed by atoms with Crippen LogP contribution in [0, 0.1) is 5.92 Å². The molecule has 2 rings (SSSR count). The highest BCUT2D eigenvalue weighted by atomic mass is 79.9. The third-order valence-corrected chi connectivity index (χ3v) is 4.60. The standard InChI is InChI=1S/C12H15Br2N/c1-7-2-3-8-9(13)4-5-10(14)12(8)11(15)6-7/h4-5,7,11H,2-3,6,15H2,1H3. The summed E-state index contributed by atoms with van der Waals surface area (Å²) in [4.78, 5) is 0. The van der Waals surface area contributed by atoms with Crippen molar-refractivity contribution in [2.75, 3.05) is 0 Å². The van der Waals surface area contributed by atoms with Crippen LogP contribution in [0.15, 0.2) is 21.1 Å². The van der Waals surface area contributed by atoms with Gasteiger partial charge in [-0.1, -0.05) is 38.8 Å². The summed E-state index contributed by atoms with van der Waals surface area (Å²) >= 11 is 7.23. The Morgan fingerprint density at radius 3 is 2.67 bits per heavy atom. The van der Waals surface area contributed by atoms with E-state index >= 15 is 0 Å². The maximum atomic E-state index is 6.26. The van der Waals surface area contributed by atoms with Crippen LogP contribution in [0.25, 0.3) is 0 Å². The fourth-order valence-electron chi connectivity index (χ4n) is 2.32. The summed E-state index contributed by atoms with van der Waals surface area (Å²) in [5, 5.41) is 0. The first kappa shape index (κ1) is 11.6. The lowest BCUT2D eigenvalue weighted by atomic mass is 9.98. The smallest absolute Gasteiger partial charge is 0.0311 e. The van der Waals surface area contributed by atoms with Crippen LogP contribution in [0.2, 0.25) is 0 Å². The van der Waals surface area contributed by atoms with E-state index in [0.717, 1.165) is 17.3 Å². The zero-order chi connectivity index (χ0) is 11.0. The quantitative estimate of drug-likeness (QED) is 0.708. The Balaban J connectivity index is 2.52. The van der Waals surface area contributed by atoms with Gasteiger partial charge in [0.1, 0.15) is 0 Å². The molecule has 2 unspecified atom stereocenters. The molecule has 0 spiro atoms. The first-order valence-corrected chi connectivity index (χ1v) is 6.90. The number of halogens is 2. The number of benzene rings is 1. The van der Waals surface area contributed by atoms with Gasteiger partial charge in [-0.25, -0.2) is 0 Å². The van der Waals surface area contributed by atoms with E-state index in [4.69, 9.17) is 5.73 Å². The predicted molar refractivity (Wildman–Crippen MR) is 70.9 cm³/mol. The van der Waals surface area contributed by atoms with Gasteiger partial charge in [0.25, 0.3) is 0 Å². The SMILES string of the molecule is CC1CCc2c(Br)ccc(Br)c2C(N)C1. The Morgan fingerprint density at radius 1 is 1.27 bits per heavy atom. The normalized spacial score (nSPS) is 25.9. The summed E-state index contributed by atoms with van der Waals surface area (Å²) in [6, 6.07) is 4.36. The molecule has 2 atom stereocenters. The molecule has 0 saturated heterocycles. The average molecular weight is 333 g/mol. The van der Waals surface area contributed by atoms with E-state index in [1.54, 1.807) is 0 Å². The molecule has 0 fully saturated rings. The maximum absolute atomic E-state index is 6.26. The third kappa shape index (κ3) is 2.29. The minimum absolute atomic E-state index is 0.171. The highest BCUT2D eigenvalue weighted by Gasteiger charge is 2.23. The number of fused-ring (bicyclic) bond motifs is 1. The molecule has 0 bridgehead atoms. The van der Waals surface area contributed by atoms with E-state index in [9.17, 15) is 0 Å². The molecule has 0 amide bonds. The molecule has 15 heavy (non-hydrogen) atoms. The van der Waals surface area contributed by atoms with E-state index in [2.05, 4.69) is 50.9 Å². The van der Waals surface area contributed by atoms with Crippen molar-refractivity contribution >= 4 is 31.9 Å². The van der Waals surface area contributed by atoms with E-state index in [1.165, 1.54) is 22.0 Å². The predicted octanol–water partition coefficient (Wildman–Crippen LogP) is 4.18. The summed E-state index contributed by atoms with van der Waals surface area (Å²) in [5.74, 6) is 0.714. The largest absolute Gasteiger partial charge is 0.324 e. The van der Waals surface area contributed by atoms with Crippen molar-refractivity contribution < 1.29 is 0 Å². The zero-order valence-corrected chi connectivity index (χ0v) is 11.9. The van der Waals surface area contributed by atoms with Crippen LogP contribution in [0.4, 0.5) is 0 Å². The number of rotatable bonds is 0. The zero-order valence-electron chi connectivity index (χ0n) is 8.76. The Bertz CT molecular complexity index is 376. The summed E-state index contributed by atoms with van der Waals surface area (Å²) in [6.45, 7) is 2.29. The topological polar surface area (TPSA) is 26.0 Å². The Kier molecular flexibility index (Phi) is 3.53. The van der Waals surface area contributed by atoms with Gasteiger partial charge in [-0.3, -0.25) is 0 Å². The molecule has 1 aliphatic rings. The first-order chi connectivity index (χ1) is 7.09. The molecule has 0 radical (unpaired) electrons. The van der Waals surface area contributed by atoms with Gasteiger partial charge in [0, 0.05) is 15.0 Å². The second-order valence-corrected chi connectivity index (χ2v) is 6.12. The Labute approximate surface area is 108 Å². The average Bonchev–Trinajstić information content (AvgIpc) is 2.32. The number of nitrogens with two attached hydrogens (primary N) is 1. The highest BCUT2D eigenvalue weighted by molar-refractivity contribution is 9.11. The molecule has 1 aromatic rings. The maximum Gasteiger partial charge on any atom is 0.0311 e. The van der Waals surface area contributed by atoms with Crippen molar-refractivity contribution in [1.82, 2.24) is 0 Å². The number of hydrogen-bond donors (Lipinski definition) is 1. The molecule has 1 aliphatic carbocycles. The minimum Gasteiger partial charge on any atom is -0.324 e. The van der Waals surface area contributed by atoms with Gasteiger partial charge in [-0.2, -0.15) is 0 Å². The van der Waals surface area contributed by atoms with Crippen LogP contribution in [0.5, 0.6) is 0 Å². The highest BCUT2D eigenvalue weighted by Crippen LogP contribution is 2.38. The third-order valence-electron chi connectivity index (χ3n) is 3.16. The molecule has 3 heteroatoms. The molecule has 1 nitrogen and oxygen atoms in total. The van der Waals surface area contributed by atoms with Crippen molar-refractivity contribution in [2.24, 2.45) is 11.7 Å². The van der Waals surface area contributed by atoms with E-state index in [-0.39, 0.29) is 6.04 Å². The van der Waals surface area contributed by atoms with Crippen molar-refractivity contribution in [3.05, 3.63) is 32.2 Å². The van der Waals surface area contributed by atoms with Gasteiger partial charge < -0.3 is 5.73 Å². The monoisotopic (exact) mass is 331 g/mol. The number of hydrogen-bond acceptors (Lipinski definition) is 1. The lowest BCUT2D eigenvalue weighted by Crippen LogP contribution is -2.13. The van der Waals surface area contributed by atoms with E-state index < -0.39 is 0 Å². The first-order valence-electron chi connectivity index (χ1n) is 5.32. The van der Waals surface area contributed by atoms with Gasteiger partial charge in [0.15, 0.2) is 0 Å². The van der Waals surface area contributed by atoms with E-state index in [1.807, 2.05) is 0 Å². The van der Waals surface area contributed by atoms with Crippen LogP contribution in [-0.4, -0.2) is 0 Å². The molecule has 82 valence electrons. The molecule has 1 aromatic carbocycles. The molecular weight excluding hydrogens is 318 g/mol. The van der Waals surface area contributed by atoms with Crippen molar-refractivity contribution in [1.29, 1.82) is 0 Å². The lowest BCUT2D eigenvalue weighted by Gasteiger charge is -2.16. The van der Waals surface area contributed by atoms with Crippen molar-refractivity contribution in [3.8, 4) is 0 Å². The summed E-state index contributed by atoms with van der Waals surface area (Å²) in [7, 11) is 0. The molecule has 2 N–H and O–H groups in total. The molecular formula is C12H15Br2N. The molecule has 0 aromatic heterocycles. The summed E-state index contributed by atoms with van der Waals surface area (Å²) in [6.07, 6.45) is 3.45. The fraction of sp³-hybridized carbons (Fsp3) is 0.500. The second-order valence-electron chi connectivity index (χ2n) is 4.41. The molecule has 0 saturated carbocycles. The second kappa shape index (κ2) is 4.56. The van der Waals surface area contributed by atoms with Crippen LogP contribution >= 0.6 is 31.9 Å². The van der Waals surface area contributed by atoms with Crippen molar-refractivity contribution in [3.63, 3.8) is 0 Å². The van der Waals surface area contributed by atoms with Gasteiger partial charge in [-0.15, -0.1) is 0 Å². The van der Waals surface area contributed by atoms with Gasteiger partial charge in [-0.05, 0) is 48.4 Å². The van der Waals surface area contributed by atoms with Crippen LogP contribution in [-0.2, 0) is 6.42 Å². The Hall–Kier alpha value is 0.140. The van der Waals surface area contributed by atoms with Gasteiger partial charge >= 0.3 is 0 Å². The van der Waals surface area contributed by atoms with Crippen LogP contribution in [0.1, 0.15) is 36.9 Å². The minimum atomic E-state index is 0.171. The summed E-state index contributed by atoms with van der Waals surface area (Å²) in [5.41, 5.74) is 8.95.